The van der Waals surface area contributed by atoms with Crippen molar-refractivity contribution in [3.63, 3.8) is 0 Å². The maximum atomic E-state index is 10.7. The Hall–Kier alpha value is -2.28. The predicted molar refractivity (Wildman–Crippen MR) is 73.8 cm³/mol. The number of benzene rings is 1. The monoisotopic (exact) mass is 288 g/mol. The maximum Gasteiger partial charge on any atom is 0.310 e. The smallest absolute Gasteiger partial charge is 0.310 e. The third kappa shape index (κ3) is 2.67. The third-order valence-electron chi connectivity index (χ3n) is 2.88. The molecule has 102 valence electrons. The van der Waals surface area contributed by atoms with E-state index in [1.807, 2.05) is 18.2 Å². The summed E-state index contributed by atoms with van der Waals surface area (Å²) in [7, 11) is 0. The molecule has 0 bridgehead atoms. The highest BCUT2D eigenvalue weighted by Gasteiger charge is 2.13. The molecule has 1 aromatic carbocycles. The highest BCUT2D eigenvalue weighted by Crippen LogP contribution is 2.15. The van der Waals surface area contributed by atoms with Crippen LogP contribution < -0.4 is 0 Å². The lowest BCUT2D eigenvalue weighted by Crippen LogP contribution is -2.02. The number of carboxylic acids is 1. The molecule has 2 heterocycles. The number of fused-ring (bicyclic) bond motifs is 1. The van der Waals surface area contributed by atoms with E-state index in [0.29, 0.717) is 9.97 Å². The van der Waals surface area contributed by atoms with Crippen molar-refractivity contribution in [1.29, 1.82) is 0 Å². The van der Waals surface area contributed by atoms with Crippen LogP contribution in [-0.2, 0) is 24.1 Å². The number of nitrogens with zero attached hydrogens (tertiary/aromatic N) is 4. The van der Waals surface area contributed by atoms with Crippen molar-refractivity contribution in [2.24, 2.45) is 0 Å². The number of aromatic nitrogens is 4. The molecule has 7 heteroatoms. The zero-order chi connectivity index (χ0) is 13.9. The second-order valence-electron chi connectivity index (χ2n) is 4.36. The van der Waals surface area contributed by atoms with Crippen LogP contribution in [0.3, 0.4) is 0 Å². The van der Waals surface area contributed by atoms with E-state index in [1.165, 1.54) is 16.9 Å². The van der Waals surface area contributed by atoms with E-state index >= 15 is 0 Å². The average Bonchev–Trinajstić information content (AvgIpc) is 2.97. The van der Waals surface area contributed by atoms with Crippen molar-refractivity contribution >= 4 is 22.3 Å². The van der Waals surface area contributed by atoms with E-state index in [0.717, 1.165) is 18.7 Å². The number of aryl methyl sites for hydroxylation is 2. The van der Waals surface area contributed by atoms with Gasteiger partial charge in [0.15, 0.2) is 5.82 Å². The molecule has 0 radical (unpaired) electrons. The Bertz CT molecular complexity index is 735. The standard InChI is InChI=1S/C13H12N4O2S/c18-12(19)8-11-16-17-10(14-15-13(17)20-11)7-6-9-4-2-1-3-5-9/h1-5H,6-8H2,(H,18,19). The summed E-state index contributed by atoms with van der Waals surface area (Å²) < 4.78 is 1.64. The van der Waals surface area contributed by atoms with Gasteiger partial charge >= 0.3 is 5.97 Å². The van der Waals surface area contributed by atoms with E-state index in [-0.39, 0.29) is 6.42 Å². The first-order valence-corrected chi connectivity index (χ1v) is 7.00. The van der Waals surface area contributed by atoms with Gasteiger partial charge < -0.3 is 5.11 Å². The fraction of sp³-hybridized carbons (Fsp3) is 0.231. The first kappa shape index (κ1) is 12.7. The number of hydrogen-bond acceptors (Lipinski definition) is 5. The van der Waals surface area contributed by atoms with Gasteiger partial charge in [-0.15, -0.1) is 10.2 Å². The number of hydrogen-bond donors (Lipinski definition) is 1. The summed E-state index contributed by atoms with van der Waals surface area (Å²) in [6.07, 6.45) is 1.50. The fourth-order valence-electron chi connectivity index (χ4n) is 1.95. The van der Waals surface area contributed by atoms with Crippen LogP contribution in [0.2, 0.25) is 0 Å². The fourth-order valence-corrected chi connectivity index (χ4v) is 2.80. The molecule has 0 saturated carbocycles. The normalized spacial score (nSPS) is 11.0. The average molecular weight is 288 g/mol. The molecular weight excluding hydrogens is 276 g/mol. The molecule has 6 nitrogen and oxygen atoms in total. The largest absolute Gasteiger partial charge is 0.481 e. The van der Waals surface area contributed by atoms with Crippen molar-refractivity contribution < 1.29 is 9.90 Å². The minimum absolute atomic E-state index is 0.0772. The summed E-state index contributed by atoms with van der Waals surface area (Å²) in [5, 5.41) is 21.7. The molecule has 0 aliphatic heterocycles. The molecule has 0 spiro atoms. The first-order valence-electron chi connectivity index (χ1n) is 6.18. The minimum Gasteiger partial charge on any atom is -0.481 e. The van der Waals surface area contributed by atoms with Crippen LogP contribution in [0.15, 0.2) is 30.3 Å². The second kappa shape index (κ2) is 5.38. The molecule has 0 fully saturated rings. The Labute approximate surface area is 118 Å². The molecule has 0 unspecified atom stereocenters. The Balaban J connectivity index is 1.78. The Morgan fingerprint density at radius 1 is 1.20 bits per heavy atom. The number of carbonyl (C=O) groups is 1. The van der Waals surface area contributed by atoms with Crippen LogP contribution in [0.5, 0.6) is 0 Å². The number of carboxylic acid groups (broad SMARTS) is 1. The summed E-state index contributed by atoms with van der Waals surface area (Å²) in [5.74, 6) is -0.127. The Morgan fingerprint density at radius 3 is 2.75 bits per heavy atom. The quantitative estimate of drug-likeness (QED) is 0.771. The van der Waals surface area contributed by atoms with Crippen molar-refractivity contribution in [3.05, 3.63) is 46.7 Å². The van der Waals surface area contributed by atoms with Gasteiger partial charge in [-0.25, -0.2) is 0 Å². The molecule has 0 saturated heterocycles. The second-order valence-corrected chi connectivity index (χ2v) is 5.40. The van der Waals surface area contributed by atoms with Crippen molar-refractivity contribution in [3.8, 4) is 0 Å². The van der Waals surface area contributed by atoms with E-state index in [2.05, 4.69) is 27.4 Å². The van der Waals surface area contributed by atoms with Gasteiger partial charge in [0.2, 0.25) is 4.96 Å². The van der Waals surface area contributed by atoms with Gasteiger partial charge in [-0.2, -0.15) is 9.61 Å². The summed E-state index contributed by atoms with van der Waals surface area (Å²) in [6.45, 7) is 0. The summed E-state index contributed by atoms with van der Waals surface area (Å²) in [5.41, 5.74) is 1.23. The van der Waals surface area contributed by atoms with Crippen LogP contribution in [0.4, 0.5) is 0 Å². The van der Waals surface area contributed by atoms with E-state index in [1.54, 1.807) is 4.52 Å². The van der Waals surface area contributed by atoms with Gasteiger partial charge in [-0.1, -0.05) is 41.7 Å². The molecule has 0 amide bonds. The predicted octanol–water partition coefficient (Wildman–Crippen LogP) is 1.60. The Kier molecular flexibility index (Phi) is 3.42. The van der Waals surface area contributed by atoms with Gasteiger partial charge in [0.25, 0.3) is 0 Å². The molecule has 3 aromatic rings. The van der Waals surface area contributed by atoms with E-state index in [4.69, 9.17) is 5.11 Å². The van der Waals surface area contributed by atoms with Gasteiger partial charge in [0.05, 0.1) is 6.42 Å². The summed E-state index contributed by atoms with van der Waals surface area (Å²) in [6, 6.07) is 10.1. The Morgan fingerprint density at radius 2 is 2.00 bits per heavy atom. The molecule has 3 rings (SSSR count). The van der Waals surface area contributed by atoms with E-state index < -0.39 is 5.97 Å². The van der Waals surface area contributed by atoms with Gasteiger partial charge in [0, 0.05) is 6.42 Å². The SMILES string of the molecule is O=C(O)Cc1nn2c(CCc3ccccc3)nnc2s1. The summed E-state index contributed by atoms with van der Waals surface area (Å²) in [4.78, 5) is 11.3. The maximum absolute atomic E-state index is 10.7. The zero-order valence-corrected chi connectivity index (χ0v) is 11.4. The number of rotatable bonds is 5. The first-order chi connectivity index (χ1) is 9.72. The van der Waals surface area contributed by atoms with Crippen LogP contribution in [0, 0.1) is 0 Å². The molecule has 20 heavy (non-hydrogen) atoms. The number of aliphatic carboxylic acids is 1. The molecule has 2 aromatic heterocycles. The minimum atomic E-state index is -0.888. The molecule has 1 N–H and O–H groups in total. The topological polar surface area (TPSA) is 80.4 Å². The molecular formula is C13H12N4O2S. The van der Waals surface area contributed by atoms with Crippen LogP contribution in [0.1, 0.15) is 16.4 Å². The third-order valence-corrected chi connectivity index (χ3v) is 3.78. The lowest BCUT2D eigenvalue weighted by molar-refractivity contribution is -0.136. The summed E-state index contributed by atoms with van der Waals surface area (Å²) >= 11 is 1.27. The zero-order valence-electron chi connectivity index (χ0n) is 10.6. The van der Waals surface area contributed by atoms with Crippen LogP contribution >= 0.6 is 11.3 Å². The highest BCUT2D eigenvalue weighted by atomic mass is 32.1. The molecule has 0 aliphatic rings. The van der Waals surface area contributed by atoms with Crippen molar-refractivity contribution in [2.75, 3.05) is 0 Å². The molecule has 0 atom stereocenters. The van der Waals surface area contributed by atoms with Crippen molar-refractivity contribution in [1.82, 2.24) is 19.8 Å². The lowest BCUT2D eigenvalue weighted by atomic mass is 10.1. The van der Waals surface area contributed by atoms with Crippen LogP contribution in [0.25, 0.3) is 4.96 Å². The van der Waals surface area contributed by atoms with Crippen molar-refractivity contribution in [2.45, 2.75) is 19.3 Å². The van der Waals surface area contributed by atoms with Gasteiger partial charge in [0.1, 0.15) is 5.01 Å². The lowest BCUT2D eigenvalue weighted by Gasteiger charge is -1.98. The van der Waals surface area contributed by atoms with E-state index in [9.17, 15) is 4.79 Å². The van der Waals surface area contributed by atoms with Gasteiger partial charge in [-0.3, -0.25) is 4.79 Å². The highest BCUT2D eigenvalue weighted by molar-refractivity contribution is 7.16. The van der Waals surface area contributed by atoms with Gasteiger partial charge in [-0.05, 0) is 12.0 Å². The molecule has 0 aliphatic carbocycles. The van der Waals surface area contributed by atoms with Crippen LogP contribution in [-0.4, -0.2) is 30.9 Å².